The Bertz CT molecular complexity index is 960. The fraction of sp³-hybridized carbons (Fsp3) is 0.263. The molecule has 3 aromatic rings. The monoisotopic (exact) mass is 392 g/mol. The minimum Gasteiger partial charge on any atom is -0.394 e. The van der Waals surface area contributed by atoms with Gasteiger partial charge < -0.3 is 15.4 Å². The number of carbonyl (C=O) groups excluding carboxylic acids is 1. The normalized spacial score (nSPS) is 10.4. The van der Waals surface area contributed by atoms with E-state index in [-0.39, 0.29) is 41.2 Å². The third-order valence-corrected chi connectivity index (χ3v) is 3.64. The number of aryl methyl sites for hydroxylation is 1. The third-order valence-electron chi connectivity index (χ3n) is 3.64. The highest BCUT2D eigenvalue weighted by atomic mass is 19.1. The predicted octanol–water partition coefficient (Wildman–Crippen LogP) is 3.57. The summed E-state index contributed by atoms with van der Waals surface area (Å²) in [4.78, 5) is 23.5. The number of carbonyl (C=O) groups is 1. The number of pyridine rings is 1. The smallest absolute Gasteiger partial charge is 0.293 e. The van der Waals surface area contributed by atoms with Gasteiger partial charge in [-0.1, -0.05) is 19.9 Å². The molecule has 0 unspecified atom stereocenters. The molecule has 0 spiro atoms. The maximum atomic E-state index is 14.2. The molecule has 1 amide bonds. The lowest BCUT2D eigenvalue weighted by atomic mass is 10.2. The van der Waals surface area contributed by atoms with Crippen LogP contribution in [0.2, 0.25) is 0 Å². The average molecular weight is 392 g/mol. The Labute approximate surface area is 160 Å². The van der Waals surface area contributed by atoms with Crippen molar-refractivity contribution in [2.45, 2.75) is 20.8 Å². The molecule has 150 valence electrons. The average Bonchev–Trinajstić information content (AvgIpc) is 3.06. The van der Waals surface area contributed by atoms with Gasteiger partial charge in [0.15, 0.2) is 5.82 Å². The van der Waals surface area contributed by atoms with Crippen molar-refractivity contribution in [1.29, 1.82) is 0 Å². The number of amides is 1. The molecule has 0 fully saturated rings. The molecule has 0 aliphatic heterocycles. The van der Waals surface area contributed by atoms with Crippen molar-refractivity contribution < 1.29 is 23.5 Å². The van der Waals surface area contributed by atoms with Crippen molar-refractivity contribution in [3.05, 3.63) is 53.5 Å². The van der Waals surface area contributed by atoms with E-state index in [0.717, 1.165) is 11.8 Å². The molecule has 0 aliphatic rings. The fourth-order valence-electron chi connectivity index (χ4n) is 2.44. The first-order valence-corrected chi connectivity index (χ1v) is 8.72. The summed E-state index contributed by atoms with van der Waals surface area (Å²) < 4.78 is 28.2. The van der Waals surface area contributed by atoms with Gasteiger partial charge in [0.1, 0.15) is 11.5 Å². The van der Waals surface area contributed by atoms with Gasteiger partial charge in [-0.3, -0.25) is 14.6 Å². The molecule has 1 aromatic carbocycles. The van der Waals surface area contributed by atoms with Gasteiger partial charge >= 0.3 is 0 Å². The van der Waals surface area contributed by atoms with Crippen LogP contribution in [0.25, 0.3) is 10.9 Å². The number of halogens is 2. The van der Waals surface area contributed by atoms with E-state index in [1.165, 1.54) is 18.3 Å². The van der Waals surface area contributed by atoms with E-state index in [0.29, 0.717) is 0 Å². The van der Waals surface area contributed by atoms with Crippen molar-refractivity contribution in [1.82, 2.24) is 15.4 Å². The molecule has 0 bridgehead atoms. The maximum absolute atomic E-state index is 14.2. The second-order valence-corrected chi connectivity index (χ2v) is 5.53. The minimum atomic E-state index is -0.718. The van der Waals surface area contributed by atoms with Crippen LogP contribution in [-0.2, 0) is 4.84 Å². The van der Waals surface area contributed by atoms with Gasteiger partial charge in [-0.2, -0.15) is 0 Å². The topological polar surface area (TPSA) is 99.3 Å². The fourth-order valence-corrected chi connectivity index (χ4v) is 2.44. The Hall–Kier alpha value is -3.04. The van der Waals surface area contributed by atoms with Gasteiger partial charge in [0.25, 0.3) is 5.91 Å². The van der Waals surface area contributed by atoms with Gasteiger partial charge in [0.05, 0.1) is 36.3 Å². The van der Waals surface area contributed by atoms with E-state index in [2.05, 4.69) is 20.8 Å². The summed E-state index contributed by atoms with van der Waals surface area (Å²) in [5.41, 5.74) is 3.10. The lowest BCUT2D eigenvalue weighted by molar-refractivity contribution is 0.0166. The highest BCUT2D eigenvalue weighted by molar-refractivity contribution is 6.08. The zero-order valence-electron chi connectivity index (χ0n) is 15.8. The van der Waals surface area contributed by atoms with Crippen molar-refractivity contribution in [3.8, 4) is 0 Å². The highest BCUT2D eigenvalue weighted by Gasteiger charge is 2.21. The lowest BCUT2D eigenvalue weighted by Crippen LogP contribution is -2.26. The summed E-state index contributed by atoms with van der Waals surface area (Å²) in [6.07, 6.45) is 2.35. The number of aliphatic hydroxyl groups is 1. The number of nitrogens with one attached hydrogen (secondary N) is 3. The molecule has 0 radical (unpaired) electrons. The first-order valence-electron chi connectivity index (χ1n) is 8.72. The van der Waals surface area contributed by atoms with Crippen LogP contribution in [0.3, 0.4) is 0 Å². The number of fused-ring (bicyclic) bond motifs is 1. The maximum Gasteiger partial charge on any atom is 0.293 e. The zero-order chi connectivity index (χ0) is 20.7. The summed E-state index contributed by atoms with van der Waals surface area (Å²) >= 11 is 0. The molecule has 0 atom stereocenters. The third kappa shape index (κ3) is 4.62. The molecule has 2 heterocycles. The Kier molecular flexibility index (Phi) is 7.42. The number of aromatic amines is 1. The standard InChI is InChI=1S/C17H16F2N4O3.C2H6/c1-9-2-3-13(11(18)6-9)21-15-10-7-20-8-12(19)14(10)22-16(15)17(25)23-26-5-4-24;1-2/h2-3,6-8,21-22,24H,4-5H2,1H3,(H,23,25);1-2H3. The second-order valence-electron chi connectivity index (χ2n) is 5.53. The van der Waals surface area contributed by atoms with Crippen molar-refractivity contribution in [3.63, 3.8) is 0 Å². The van der Waals surface area contributed by atoms with Crippen LogP contribution in [0.4, 0.5) is 20.2 Å². The van der Waals surface area contributed by atoms with Crippen LogP contribution in [0.1, 0.15) is 29.9 Å². The number of aromatic nitrogens is 2. The Balaban J connectivity index is 0.00000136. The number of anilines is 2. The van der Waals surface area contributed by atoms with Crippen LogP contribution >= 0.6 is 0 Å². The predicted molar refractivity (Wildman–Crippen MR) is 102 cm³/mol. The van der Waals surface area contributed by atoms with E-state index < -0.39 is 17.5 Å². The Morgan fingerprint density at radius 3 is 2.68 bits per heavy atom. The lowest BCUT2D eigenvalue weighted by Gasteiger charge is -2.10. The Morgan fingerprint density at radius 2 is 2.00 bits per heavy atom. The summed E-state index contributed by atoms with van der Waals surface area (Å²) in [5.74, 6) is -1.90. The van der Waals surface area contributed by atoms with Gasteiger partial charge in [-0.15, -0.1) is 0 Å². The molecule has 4 N–H and O–H groups in total. The quantitative estimate of drug-likeness (QED) is 0.380. The zero-order valence-corrected chi connectivity index (χ0v) is 15.8. The van der Waals surface area contributed by atoms with Crippen LogP contribution < -0.4 is 10.8 Å². The minimum absolute atomic E-state index is 0.0438. The summed E-state index contributed by atoms with van der Waals surface area (Å²) in [6, 6.07) is 4.55. The molecule has 0 saturated carbocycles. The first-order chi connectivity index (χ1) is 13.5. The molecule has 3 rings (SSSR count). The van der Waals surface area contributed by atoms with Crippen molar-refractivity contribution in [2.24, 2.45) is 0 Å². The van der Waals surface area contributed by atoms with Crippen molar-refractivity contribution >= 4 is 28.2 Å². The van der Waals surface area contributed by atoms with Gasteiger partial charge in [-0.25, -0.2) is 14.3 Å². The van der Waals surface area contributed by atoms with Crippen molar-refractivity contribution in [2.75, 3.05) is 18.5 Å². The Morgan fingerprint density at radius 1 is 1.25 bits per heavy atom. The van der Waals surface area contributed by atoms with Crippen LogP contribution in [-0.4, -0.2) is 34.2 Å². The number of aliphatic hydroxyl groups excluding tert-OH is 1. The molecule has 28 heavy (non-hydrogen) atoms. The van der Waals surface area contributed by atoms with Crippen LogP contribution in [0.15, 0.2) is 30.6 Å². The van der Waals surface area contributed by atoms with Gasteiger partial charge in [-0.05, 0) is 24.6 Å². The molecule has 9 heteroatoms. The first kappa shape index (κ1) is 21.3. The number of nitrogens with zero attached hydrogens (tertiary/aromatic N) is 1. The number of hydrogen-bond donors (Lipinski definition) is 4. The molecule has 0 aliphatic carbocycles. The van der Waals surface area contributed by atoms with Gasteiger partial charge in [0.2, 0.25) is 0 Å². The number of benzene rings is 1. The number of hydrogen-bond acceptors (Lipinski definition) is 5. The van der Waals surface area contributed by atoms with E-state index in [9.17, 15) is 13.6 Å². The second kappa shape index (κ2) is 9.77. The molecule has 2 aromatic heterocycles. The van der Waals surface area contributed by atoms with E-state index in [1.54, 1.807) is 13.0 Å². The van der Waals surface area contributed by atoms with E-state index >= 15 is 0 Å². The largest absolute Gasteiger partial charge is 0.394 e. The van der Waals surface area contributed by atoms with E-state index in [4.69, 9.17) is 9.94 Å². The summed E-state index contributed by atoms with van der Waals surface area (Å²) in [7, 11) is 0. The molecular weight excluding hydrogens is 370 g/mol. The van der Waals surface area contributed by atoms with Gasteiger partial charge in [0, 0.05) is 11.6 Å². The molecule has 0 saturated heterocycles. The van der Waals surface area contributed by atoms with E-state index in [1.807, 2.05) is 13.8 Å². The molecular formula is C19H22F2N4O3. The molecule has 7 nitrogen and oxygen atoms in total. The van der Waals surface area contributed by atoms with Crippen LogP contribution in [0, 0.1) is 18.6 Å². The number of hydroxylamine groups is 1. The number of rotatable bonds is 6. The summed E-state index contributed by atoms with van der Waals surface area (Å²) in [6.45, 7) is 5.34. The van der Waals surface area contributed by atoms with Crippen LogP contribution in [0.5, 0.6) is 0 Å². The number of H-pyrrole nitrogens is 1. The summed E-state index contributed by atoms with van der Waals surface area (Å²) in [5, 5.41) is 11.8. The SMILES string of the molecule is CC.Cc1ccc(Nc2c(C(=O)NOCCO)[nH]c3c(F)cncc23)c(F)c1. The highest BCUT2D eigenvalue weighted by Crippen LogP contribution is 2.32.